The smallest absolute Gasteiger partial charge is 0.303 e. The second-order valence-electron chi connectivity index (χ2n) is 10.1. The normalized spacial score (nSPS) is 24.4. The second-order valence-corrected chi connectivity index (χ2v) is 11.3. The molecule has 1 aromatic carbocycles. The first-order valence-electron chi connectivity index (χ1n) is 13.7. The number of hydrogen-bond acceptors (Lipinski definition) is 5. The third-order valence-corrected chi connectivity index (χ3v) is 8.50. The molecule has 1 unspecified atom stereocenters. The van der Waals surface area contributed by atoms with Gasteiger partial charge in [-0.15, -0.1) is 11.8 Å². The van der Waals surface area contributed by atoms with Gasteiger partial charge in [0, 0.05) is 17.9 Å². The van der Waals surface area contributed by atoms with Gasteiger partial charge in [-0.2, -0.15) is 0 Å². The summed E-state index contributed by atoms with van der Waals surface area (Å²) in [6, 6.07) is 10.6. The summed E-state index contributed by atoms with van der Waals surface area (Å²) in [5.74, 6) is 1.63. The minimum atomic E-state index is -0.716. The van der Waals surface area contributed by atoms with Crippen LogP contribution < -0.4 is 5.32 Å². The van der Waals surface area contributed by atoms with Crippen molar-refractivity contribution in [2.45, 2.75) is 100 Å². The number of thioether (sulfide) groups is 1. The predicted octanol–water partition coefficient (Wildman–Crippen LogP) is 6.06. The summed E-state index contributed by atoms with van der Waals surface area (Å²) in [6.07, 6.45) is 16.8. The third kappa shape index (κ3) is 10.7. The van der Waals surface area contributed by atoms with Gasteiger partial charge >= 0.3 is 5.97 Å². The third-order valence-electron chi connectivity index (χ3n) is 7.40. The topological polar surface area (TPSA) is 78.8 Å². The van der Waals surface area contributed by atoms with E-state index in [0.29, 0.717) is 37.0 Å². The van der Waals surface area contributed by atoms with E-state index in [0.717, 1.165) is 38.6 Å². The molecule has 1 aromatic rings. The lowest BCUT2D eigenvalue weighted by atomic mass is 9.76. The van der Waals surface area contributed by atoms with E-state index in [-0.39, 0.29) is 12.5 Å². The van der Waals surface area contributed by atoms with Crippen LogP contribution in [-0.4, -0.2) is 53.3 Å². The van der Waals surface area contributed by atoms with Crippen molar-refractivity contribution >= 4 is 17.7 Å². The van der Waals surface area contributed by atoms with Gasteiger partial charge in [-0.05, 0) is 87.6 Å². The molecule has 0 aromatic heterocycles. The van der Waals surface area contributed by atoms with Crippen LogP contribution in [0.3, 0.4) is 0 Å². The fourth-order valence-corrected chi connectivity index (χ4v) is 6.45. The Hall–Kier alpha value is -1.34. The lowest BCUT2D eigenvalue weighted by Crippen LogP contribution is -2.33. The van der Waals surface area contributed by atoms with E-state index in [9.17, 15) is 9.90 Å². The number of carbonyl (C=O) groups is 1. The van der Waals surface area contributed by atoms with E-state index in [1.165, 1.54) is 42.8 Å². The lowest BCUT2D eigenvalue weighted by molar-refractivity contribution is -0.137. The first-order chi connectivity index (χ1) is 17.1. The predicted molar refractivity (Wildman–Crippen MR) is 144 cm³/mol. The van der Waals surface area contributed by atoms with Crippen LogP contribution >= 0.6 is 11.8 Å². The number of nitrogens with one attached hydrogen (secondary N) is 1. The van der Waals surface area contributed by atoms with Crippen LogP contribution in [0.2, 0.25) is 0 Å². The monoisotopic (exact) mass is 503 g/mol. The maximum atomic E-state index is 10.6. The van der Waals surface area contributed by atoms with E-state index in [4.69, 9.17) is 9.84 Å². The van der Waals surface area contributed by atoms with Crippen LogP contribution in [0.1, 0.15) is 77.0 Å². The summed E-state index contributed by atoms with van der Waals surface area (Å²) in [5, 5.41) is 22.6. The van der Waals surface area contributed by atoms with E-state index in [2.05, 4.69) is 47.8 Å². The molecule has 2 bridgehead atoms. The number of benzene rings is 1. The molecular weight excluding hydrogens is 458 g/mol. The van der Waals surface area contributed by atoms with Gasteiger partial charge in [0.2, 0.25) is 0 Å². The van der Waals surface area contributed by atoms with Crippen molar-refractivity contribution < 1.29 is 19.7 Å². The molecule has 196 valence electrons. The number of unbranched alkanes of at least 4 members (excludes halogenated alkanes) is 4. The zero-order valence-electron chi connectivity index (χ0n) is 21.2. The molecule has 6 heteroatoms. The van der Waals surface area contributed by atoms with E-state index < -0.39 is 5.97 Å². The molecule has 5 atom stereocenters. The molecule has 2 heterocycles. The van der Waals surface area contributed by atoms with E-state index in [1.54, 1.807) is 0 Å². The highest BCUT2D eigenvalue weighted by Crippen LogP contribution is 2.46. The van der Waals surface area contributed by atoms with Gasteiger partial charge < -0.3 is 20.3 Å². The molecule has 2 aliphatic rings. The van der Waals surface area contributed by atoms with Gasteiger partial charge in [0.25, 0.3) is 0 Å². The van der Waals surface area contributed by atoms with Gasteiger partial charge in [-0.25, -0.2) is 0 Å². The molecular formula is C29H45NO4S. The van der Waals surface area contributed by atoms with Crippen molar-refractivity contribution in [1.82, 2.24) is 5.32 Å². The van der Waals surface area contributed by atoms with Gasteiger partial charge in [-0.3, -0.25) is 4.79 Å². The summed E-state index contributed by atoms with van der Waals surface area (Å²) in [5.41, 5.74) is 0. The van der Waals surface area contributed by atoms with Crippen LogP contribution in [0.5, 0.6) is 0 Å². The molecule has 5 nitrogen and oxygen atoms in total. The number of ether oxygens (including phenoxy) is 1. The molecule has 3 N–H and O–H groups in total. The fourth-order valence-electron chi connectivity index (χ4n) is 5.52. The Bertz CT molecular complexity index is 743. The largest absolute Gasteiger partial charge is 0.481 e. The van der Waals surface area contributed by atoms with Gasteiger partial charge in [0.1, 0.15) is 0 Å². The summed E-state index contributed by atoms with van der Waals surface area (Å²) in [6.45, 7) is 1.61. The number of aliphatic hydroxyl groups excluding tert-OH is 1. The highest BCUT2D eigenvalue weighted by Gasteiger charge is 2.47. The van der Waals surface area contributed by atoms with Crippen LogP contribution in [-0.2, 0) is 9.53 Å². The maximum Gasteiger partial charge on any atom is 0.303 e. The zero-order valence-corrected chi connectivity index (χ0v) is 22.0. The van der Waals surface area contributed by atoms with Crippen molar-refractivity contribution in [2.75, 3.05) is 18.8 Å². The van der Waals surface area contributed by atoms with Gasteiger partial charge in [0.05, 0.1) is 18.3 Å². The first kappa shape index (κ1) is 28.2. The molecule has 2 fully saturated rings. The summed E-state index contributed by atoms with van der Waals surface area (Å²) in [7, 11) is 0. The molecule has 2 aliphatic heterocycles. The first-order valence-corrected chi connectivity index (χ1v) is 14.7. The number of fused-ring (bicyclic) bond motifs is 2. The number of carboxylic acids is 1. The molecule has 0 spiro atoms. The van der Waals surface area contributed by atoms with Crippen molar-refractivity contribution in [3.05, 3.63) is 42.5 Å². The van der Waals surface area contributed by atoms with Crippen LogP contribution in [0.4, 0.5) is 0 Å². The minimum absolute atomic E-state index is 0.246. The number of aliphatic carboxylic acids is 1. The number of carboxylic acid groups (broad SMARTS) is 1. The SMILES string of the molecule is O=C(O)CCCC=CC[C@@H]1[C@@H](CCNCC(O)CCCCCCSc2ccccc2)[C@@H]2CC[C@H]1O2. The Labute approximate surface area is 216 Å². The van der Waals surface area contributed by atoms with Crippen molar-refractivity contribution in [3.8, 4) is 0 Å². The summed E-state index contributed by atoms with van der Waals surface area (Å²) in [4.78, 5) is 12.0. The summed E-state index contributed by atoms with van der Waals surface area (Å²) < 4.78 is 6.21. The maximum absolute atomic E-state index is 10.6. The van der Waals surface area contributed by atoms with Crippen LogP contribution in [0.25, 0.3) is 0 Å². The Balaban J connectivity index is 1.19. The Kier molecular flexibility index (Phi) is 13.2. The quantitative estimate of drug-likeness (QED) is 0.121. The van der Waals surface area contributed by atoms with Gasteiger partial charge in [0.15, 0.2) is 0 Å². The number of rotatable bonds is 19. The second kappa shape index (κ2) is 16.4. The fraction of sp³-hybridized carbons (Fsp3) is 0.690. The Morgan fingerprint density at radius 1 is 1.06 bits per heavy atom. The number of aliphatic hydroxyl groups is 1. The minimum Gasteiger partial charge on any atom is -0.481 e. The Morgan fingerprint density at radius 2 is 1.83 bits per heavy atom. The van der Waals surface area contributed by atoms with Crippen molar-refractivity contribution in [1.29, 1.82) is 0 Å². The van der Waals surface area contributed by atoms with Crippen molar-refractivity contribution in [2.24, 2.45) is 11.8 Å². The van der Waals surface area contributed by atoms with Crippen LogP contribution in [0.15, 0.2) is 47.4 Å². The lowest BCUT2D eigenvalue weighted by Gasteiger charge is -2.27. The molecule has 0 aliphatic carbocycles. The highest BCUT2D eigenvalue weighted by atomic mass is 32.2. The van der Waals surface area contributed by atoms with Crippen molar-refractivity contribution in [3.63, 3.8) is 0 Å². The average Bonchev–Trinajstić information content (AvgIpc) is 3.46. The molecule has 0 radical (unpaired) electrons. The highest BCUT2D eigenvalue weighted by molar-refractivity contribution is 7.99. The van der Waals surface area contributed by atoms with E-state index in [1.807, 2.05) is 11.8 Å². The molecule has 0 amide bonds. The van der Waals surface area contributed by atoms with E-state index >= 15 is 0 Å². The standard InChI is InChI=1S/C29H45NO4S/c31-23(12-6-3-4-11-21-35-24-13-7-5-8-14-24)22-30-20-19-26-25(27-17-18-28(26)34-27)15-9-1-2-10-16-29(32)33/h1,5,7-9,13-14,23,25-28,30-31H,2-4,6,10-12,15-22H2,(H,32,33)/t23?,25-,26-,27-,28+/m1/s1. The molecule has 35 heavy (non-hydrogen) atoms. The molecule has 0 saturated carbocycles. The average molecular weight is 504 g/mol. The number of allylic oxidation sites excluding steroid dienone is 2. The zero-order chi connectivity index (χ0) is 24.7. The molecule has 2 saturated heterocycles. The molecule has 3 rings (SSSR count). The summed E-state index contributed by atoms with van der Waals surface area (Å²) >= 11 is 1.93. The Morgan fingerprint density at radius 3 is 2.63 bits per heavy atom. The number of hydrogen-bond donors (Lipinski definition) is 3. The van der Waals surface area contributed by atoms with Gasteiger partial charge in [-0.1, -0.05) is 49.6 Å². The van der Waals surface area contributed by atoms with Crippen LogP contribution in [0, 0.1) is 11.8 Å².